The molecule has 0 heterocycles. The summed E-state index contributed by atoms with van der Waals surface area (Å²) >= 11 is 0. The van der Waals surface area contributed by atoms with E-state index in [1.807, 2.05) is 0 Å². The Kier molecular flexibility index (Phi) is 8.56. The highest BCUT2D eigenvalue weighted by Gasteiger charge is 2.23. The van der Waals surface area contributed by atoms with Gasteiger partial charge in [0.2, 0.25) is 0 Å². The van der Waals surface area contributed by atoms with Crippen molar-refractivity contribution in [1.29, 1.82) is 0 Å². The lowest BCUT2D eigenvalue weighted by molar-refractivity contribution is 0.00144. The highest BCUT2D eigenvalue weighted by atomic mass is 16.5. The number of hydrogen-bond acceptors (Lipinski definition) is 2. The van der Waals surface area contributed by atoms with Gasteiger partial charge in [-0.3, -0.25) is 0 Å². The fourth-order valence-corrected chi connectivity index (χ4v) is 2.78. The number of aryl methyl sites for hydroxylation is 1. The Balaban J connectivity index is 2.48. The molecule has 2 nitrogen and oxygen atoms in total. The van der Waals surface area contributed by atoms with Gasteiger partial charge in [-0.2, -0.15) is 0 Å². The zero-order chi connectivity index (χ0) is 14.8. The maximum absolute atomic E-state index is 5.96. The lowest BCUT2D eigenvalue weighted by Crippen LogP contribution is -2.44. The zero-order valence-corrected chi connectivity index (χ0v) is 13.6. The fraction of sp³-hybridized carbons (Fsp3) is 0.667. The third-order valence-electron chi connectivity index (χ3n) is 3.70. The second-order valence-corrected chi connectivity index (χ2v) is 5.71. The summed E-state index contributed by atoms with van der Waals surface area (Å²) in [5.74, 6) is 0.552. The normalized spacial score (nSPS) is 14.4. The van der Waals surface area contributed by atoms with E-state index in [1.165, 1.54) is 18.4 Å². The van der Waals surface area contributed by atoms with E-state index in [2.05, 4.69) is 63.3 Å². The molecule has 2 unspecified atom stereocenters. The van der Waals surface area contributed by atoms with Crippen LogP contribution in [0.25, 0.3) is 0 Å². The van der Waals surface area contributed by atoms with Gasteiger partial charge in [-0.05, 0) is 44.2 Å². The zero-order valence-electron chi connectivity index (χ0n) is 13.6. The monoisotopic (exact) mass is 277 g/mol. The molecule has 0 aliphatic carbocycles. The van der Waals surface area contributed by atoms with E-state index in [4.69, 9.17) is 4.74 Å². The lowest BCUT2D eigenvalue weighted by Gasteiger charge is -2.30. The maximum Gasteiger partial charge on any atom is 0.0750 e. The largest absolute Gasteiger partial charge is 0.377 e. The summed E-state index contributed by atoms with van der Waals surface area (Å²) in [4.78, 5) is 0. The minimum atomic E-state index is 0.315. The van der Waals surface area contributed by atoms with Crippen LogP contribution in [-0.2, 0) is 11.2 Å². The quantitative estimate of drug-likeness (QED) is 0.696. The van der Waals surface area contributed by atoms with E-state index in [-0.39, 0.29) is 0 Å². The molecule has 1 aromatic carbocycles. The summed E-state index contributed by atoms with van der Waals surface area (Å²) < 4.78 is 5.96. The molecule has 0 aliphatic rings. The minimum absolute atomic E-state index is 0.315. The molecular weight excluding hydrogens is 246 g/mol. The maximum atomic E-state index is 5.96. The first kappa shape index (κ1) is 17.2. The molecule has 1 N–H and O–H groups in total. The molecule has 2 atom stereocenters. The molecule has 0 fully saturated rings. The summed E-state index contributed by atoms with van der Waals surface area (Å²) in [7, 11) is 0. The van der Waals surface area contributed by atoms with Gasteiger partial charge in [0.1, 0.15) is 0 Å². The molecule has 1 rings (SSSR count). The molecule has 0 saturated carbocycles. The Morgan fingerprint density at radius 2 is 1.80 bits per heavy atom. The van der Waals surface area contributed by atoms with Gasteiger partial charge in [0, 0.05) is 12.6 Å². The van der Waals surface area contributed by atoms with Crippen LogP contribution >= 0.6 is 0 Å². The second kappa shape index (κ2) is 9.95. The standard InChI is InChI=1S/C18H31NO/c1-5-19-17(18(15(3)4)20-6-2)14-10-13-16-11-8-7-9-12-16/h7-9,11-12,15,17-19H,5-6,10,13-14H2,1-4H3. The third kappa shape index (κ3) is 6.06. The van der Waals surface area contributed by atoms with Crippen molar-refractivity contribution in [2.24, 2.45) is 5.92 Å². The van der Waals surface area contributed by atoms with Crippen LogP contribution in [0.4, 0.5) is 0 Å². The summed E-state index contributed by atoms with van der Waals surface area (Å²) in [5.41, 5.74) is 1.43. The average molecular weight is 277 g/mol. The van der Waals surface area contributed by atoms with Crippen molar-refractivity contribution in [2.75, 3.05) is 13.2 Å². The third-order valence-corrected chi connectivity index (χ3v) is 3.70. The molecule has 1 aromatic rings. The molecule has 20 heavy (non-hydrogen) atoms. The van der Waals surface area contributed by atoms with Crippen LogP contribution in [0.2, 0.25) is 0 Å². The molecule has 0 aliphatic heterocycles. The Bertz CT molecular complexity index is 337. The van der Waals surface area contributed by atoms with Crippen LogP contribution in [0.15, 0.2) is 30.3 Å². The summed E-state index contributed by atoms with van der Waals surface area (Å²) in [6.45, 7) is 10.6. The van der Waals surface area contributed by atoms with E-state index in [1.54, 1.807) is 0 Å². The van der Waals surface area contributed by atoms with Crippen LogP contribution in [0.3, 0.4) is 0 Å². The van der Waals surface area contributed by atoms with Gasteiger partial charge in [-0.1, -0.05) is 51.1 Å². The summed E-state index contributed by atoms with van der Waals surface area (Å²) in [6, 6.07) is 11.2. The first-order valence-electron chi connectivity index (χ1n) is 8.07. The first-order chi connectivity index (χ1) is 9.69. The second-order valence-electron chi connectivity index (χ2n) is 5.71. The van der Waals surface area contributed by atoms with Gasteiger partial charge >= 0.3 is 0 Å². The lowest BCUT2D eigenvalue weighted by atomic mass is 9.94. The Hall–Kier alpha value is -0.860. The van der Waals surface area contributed by atoms with E-state index >= 15 is 0 Å². The molecule has 0 aromatic heterocycles. The molecular formula is C18H31NO. The predicted octanol–water partition coefficient (Wildman–Crippen LogP) is 4.05. The van der Waals surface area contributed by atoms with Crippen molar-refractivity contribution in [2.45, 2.75) is 59.1 Å². The van der Waals surface area contributed by atoms with Gasteiger partial charge in [-0.15, -0.1) is 0 Å². The number of benzene rings is 1. The van der Waals surface area contributed by atoms with Gasteiger partial charge in [0.25, 0.3) is 0 Å². The topological polar surface area (TPSA) is 21.3 Å². The number of hydrogen-bond donors (Lipinski definition) is 1. The summed E-state index contributed by atoms with van der Waals surface area (Å²) in [6.07, 6.45) is 3.85. The highest BCUT2D eigenvalue weighted by Crippen LogP contribution is 2.17. The van der Waals surface area contributed by atoms with E-state index in [0.717, 1.165) is 19.6 Å². The van der Waals surface area contributed by atoms with Crippen molar-refractivity contribution in [1.82, 2.24) is 5.32 Å². The van der Waals surface area contributed by atoms with Gasteiger partial charge in [0.15, 0.2) is 0 Å². The molecule has 114 valence electrons. The molecule has 0 bridgehead atoms. The van der Waals surface area contributed by atoms with Crippen molar-refractivity contribution in [3.8, 4) is 0 Å². The SMILES string of the molecule is CCNC(CCCc1ccccc1)C(OCC)C(C)C. The van der Waals surface area contributed by atoms with Crippen LogP contribution in [0.1, 0.15) is 46.1 Å². The fourth-order valence-electron chi connectivity index (χ4n) is 2.78. The summed E-state index contributed by atoms with van der Waals surface area (Å²) in [5, 5.41) is 3.61. The van der Waals surface area contributed by atoms with E-state index < -0.39 is 0 Å². The first-order valence-corrected chi connectivity index (χ1v) is 8.07. The smallest absolute Gasteiger partial charge is 0.0750 e. The number of likely N-dealkylation sites (N-methyl/N-ethyl adjacent to an activating group) is 1. The van der Waals surface area contributed by atoms with E-state index in [0.29, 0.717) is 18.1 Å². The molecule has 0 radical (unpaired) electrons. The molecule has 0 amide bonds. The number of rotatable bonds is 10. The van der Waals surface area contributed by atoms with Gasteiger partial charge in [-0.25, -0.2) is 0 Å². The van der Waals surface area contributed by atoms with Crippen LogP contribution in [0.5, 0.6) is 0 Å². The average Bonchev–Trinajstić information content (AvgIpc) is 2.45. The Labute approximate surface area is 124 Å². The van der Waals surface area contributed by atoms with Crippen LogP contribution in [0, 0.1) is 5.92 Å². The molecule has 0 saturated heterocycles. The van der Waals surface area contributed by atoms with Crippen LogP contribution < -0.4 is 5.32 Å². The Morgan fingerprint density at radius 3 is 2.35 bits per heavy atom. The van der Waals surface area contributed by atoms with Crippen molar-refractivity contribution in [3.05, 3.63) is 35.9 Å². The molecule has 0 spiro atoms. The van der Waals surface area contributed by atoms with Crippen LogP contribution in [-0.4, -0.2) is 25.3 Å². The van der Waals surface area contributed by atoms with Crippen molar-refractivity contribution in [3.63, 3.8) is 0 Å². The van der Waals surface area contributed by atoms with Gasteiger partial charge in [0.05, 0.1) is 6.10 Å². The Morgan fingerprint density at radius 1 is 1.10 bits per heavy atom. The number of nitrogens with one attached hydrogen (secondary N) is 1. The molecule has 2 heteroatoms. The number of ether oxygens (including phenoxy) is 1. The van der Waals surface area contributed by atoms with Crippen molar-refractivity contribution < 1.29 is 4.74 Å². The van der Waals surface area contributed by atoms with Crippen molar-refractivity contribution >= 4 is 0 Å². The minimum Gasteiger partial charge on any atom is -0.377 e. The predicted molar refractivity (Wildman–Crippen MR) is 87.1 cm³/mol. The highest BCUT2D eigenvalue weighted by molar-refractivity contribution is 5.14. The van der Waals surface area contributed by atoms with Gasteiger partial charge < -0.3 is 10.1 Å². The van der Waals surface area contributed by atoms with E-state index in [9.17, 15) is 0 Å².